The number of likely N-dealkylation sites (N-methyl/N-ethyl adjacent to an activating group) is 1. The summed E-state index contributed by atoms with van der Waals surface area (Å²) in [6.07, 6.45) is 2.54. The molecule has 0 radical (unpaired) electrons. The molecule has 0 bridgehead atoms. The lowest BCUT2D eigenvalue weighted by molar-refractivity contribution is 0.160. The van der Waals surface area contributed by atoms with E-state index in [2.05, 4.69) is 10.2 Å². The van der Waals surface area contributed by atoms with E-state index in [4.69, 9.17) is 9.47 Å². The van der Waals surface area contributed by atoms with Gasteiger partial charge in [0.05, 0.1) is 6.61 Å². The first-order chi connectivity index (χ1) is 9.83. The zero-order chi connectivity index (χ0) is 14.2. The van der Waals surface area contributed by atoms with Crippen LogP contribution in [0.3, 0.4) is 0 Å². The molecule has 1 heterocycles. The molecule has 0 amide bonds. The fraction of sp³-hybridized carbons (Fsp3) is 0.625. The van der Waals surface area contributed by atoms with Crippen molar-refractivity contribution in [3.63, 3.8) is 0 Å². The van der Waals surface area contributed by atoms with Crippen LogP contribution in [0.15, 0.2) is 24.3 Å². The van der Waals surface area contributed by atoms with Crippen molar-refractivity contribution in [3.05, 3.63) is 24.3 Å². The minimum atomic E-state index is 0. The Hall–Kier alpha value is -0.970. The highest BCUT2D eigenvalue weighted by molar-refractivity contribution is 5.85. The van der Waals surface area contributed by atoms with E-state index in [1.54, 1.807) is 0 Å². The van der Waals surface area contributed by atoms with Crippen molar-refractivity contribution in [2.75, 3.05) is 39.9 Å². The van der Waals surface area contributed by atoms with Gasteiger partial charge in [0.25, 0.3) is 0 Å². The Balaban J connectivity index is 0.00000220. The molecule has 1 fully saturated rings. The van der Waals surface area contributed by atoms with Crippen LogP contribution in [0, 0.1) is 0 Å². The molecule has 5 heteroatoms. The Morgan fingerprint density at radius 2 is 1.95 bits per heavy atom. The Bertz CT molecular complexity index is 404. The van der Waals surface area contributed by atoms with Gasteiger partial charge in [0.1, 0.15) is 6.61 Å². The molecule has 21 heavy (non-hydrogen) atoms. The van der Waals surface area contributed by atoms with E-state index in [9.17, 15) is 0 Å². The van der Waals surface area contributed by atoms with Gasteiger partial charge in [-0.15, -0.1) is 12.4 Å². The predicted octanol–water partition coefficient (Wildman–Crippen LogP) is 2.57. The van der Waals surface area contributed by atoms with Crippen LogP contribution < -0.4 is 14.8 Å². The molecule has 1 N–H and O–H groups in total. The average molecular weight is 315 g/mol. The van der Waals surface area contributed by atoms with Crippen molar-refractivity contribution in [3.8, 4) is 11.5 Å². The van der Waals surface area contributed by atoms with E-state index in [1.807, 2.05) is 38.2 Å². The first kappa shape index (κ1) is 18.1. The van der Waals surface area contributed by atoms with E-state index in [0.29, 0.717) is 19.3 Å². The maximum absolute atomic E-state index is 5.87. The highest BCUT2D eigenvalue weighted by Crippen LogP contribution is 2.26. The zero-order valence-electron chi connectivity index (χ0n) is 13.0. The van der Waals surface area contributed by atoms with Crippen molar-refractivity contribution in [1.82, 2.24) is 10.2 Å². The summed E-state index contributed by atoms with van der Waals surface area (Å²) in [6.45, 7) is 6.62. The lowest BCUT2D eigenvalue weighted by Gasteiger charge is -2.32. The summed E-state index contributed by atoms with van der Waals surface area (Å²) in [5.41, 5.74) is 0. The van der Waals surface area contributed by atoms with Crippen LogP contribution >= 0.6 is 12.4 Å². The molecule has 0 spiro atoms. The largest absolute Gasteiger partial charge is 0.490 e. The van der Waals surface area contributed by atoms with Gasteiger partial charge < -0.3 is 14.8 Å². The number of hydrogen-bond donors (Lipinski definition) is 1. The molecule has 120 valence electrons. The van der Waals surface area contributed by atoms with Gasteiger partial charge in [0.2, 0.25) is 0 Å². The molecule has 4 nitrogen and oxygen atoms in total. The van der Waals surface area contributed by atoms with Crippen LogP contribution in [-0.4, -0.2) is 50.8 Å². The van der Waals surface area contributed by atoms with Crippen LogP contribution in [0.2, 0.25) is 0 Å². The summed E-state index contributed by atoms with van der Waals surface area (Å²) in [4.78, 5) is 2.47. The molecule has 2 rings (SSSR count). The summed E-state index contributed by atoms with van der Waals surface area (Å²) >= 11 is 0. The van der Waals surface area contributed by atoms with Crippen LogP contribution in [0.5, 0.6) is 11.5 Å². The van der Waals surface area contributed by atoms with Gasteiger partial charge in [-0.3, -0.25) is 4.90 Å². The lowest BCUT2D eigenvalue weighted by atomic mass is 10.1. The van der Waals surface area contributed by atoms with Gasteiger partial charge in [-0.25, -0.2) is 0 Å². The van der Waals surface area contributed by atoms with Crippen molar-refractivity contribution in [1.29, 1.82) is 0 Å². The lowest BCUT2D eigenvalue weighted by Crippen LogP contribution is -2.45. The van der Waals surface area contributed by atoms with Gasteiger partial charge in [-0.2, -0.15) is 0 Å². The molecule has 1 unspecified atom stereocenters. The third-order valence-electron chi connectivity index (χ3n) is 3.73. The maximum Gasteiger partial charge on any atom is 0.161 e. The molecule has 0 aromatic heterocycles. The van der Waals surface area contributed by atoms with Crippen molar-refractivity contribution >= 4 is 12.4 Å². The first-order valence-electron chi connectivity index (χ1n) is 7.57. The van der Waals surface area contributed by atoms with Crippen molar-refractivity contribution in [2.45, 2.75) is 25.8 Å². The number of para-hydroxylation sites is 2. The highest BCUT2D eigenvalue weighted by atomic mass is 35.5. The highest BCUT2D eigenvalue weighted by Gasteiger charge is 2.18. The Kier molecular flexibility index (Phi) is 8.50. The van der Waals surface area contributed by atoms with Gasteiger partial charge in [-0.1, -0.05) is 12.1 Å². The fourth-order valence-electron chi connectivity index (χ4n) is 2.62. The number of nitrogens with zero attached hydrogens (tertiary/aromatic N) is 1. The maximum atomic E-state index is 5.87. The second kappa shape index (κ2) is 9.87. The van der Waals surface area contributed by atoms with Crippen LogP contribution in [0.4, 0.5) is 0 Å². The molecule has 1 atom stereocenters. The first-order valence-corrected chi connectivity index (χ1v) is 7.57. The standard InChI is InChI=1S/C16H26N2O2.ClH/c1-3-19-15-8-4-5-9-16(15)20-12-11-18-10-6-7-14(13-18)17-2;/h4-5,8-9,14,17H,3,6-7,10-13H2,1-2H3;1H. The number of halogens is 1. The van der Waals surface area contributed by atoms with Crippen LogP contribution in [-0.2, 0) is 0 Å². The molecule has 1 aromatic rings. The number of hydrogen-bond acceptors (Lipinski definition) is 4. The number of rotatable bonds is 7. The topological polar surface area (TPSA) is 33.7 Å². The minimum absolute atomic E-state index is 0. The molecule has 1 aliphatic heterocycles. The van der Waals surface area contributed by atoms with Crippen LogP contribution in [0.1, 0.15) is 19.8 Å². The monoisotopic (exact) mass is 314 g/mol. The number of benzene rings is 1. The second-order valence-corrected chi connectivity index (χ2v) is 5.16. The fourth-order valence-corrected chi connectivity index (χ4v) is 2.62. The summed E-state index contributed by atoms with van der Waals surface area (Å²) in [5.74, 6) is 1.68. The molecule has 1 aliphatic rings. The number of piperidine rings is 1. The normalized spacial score (nSPS) is 18.9. The van der Waals surface area contributed by atoms with Crippen molar-refractivity contribution < 1.29 is 9.47 Å². The number of ether oxygens (including phenoxy) is 2. The SMILES string of the molecule is CCOc1ccccc1OCCN1CCCC(NC)C1.Cl. The van der Waals surface area contributed by atoms with E-state index in [1.165, 1.54) is 19.4 Å². The number of likely N-dealkylation sites (tertiary alicyclic amines) is 1. The minimum Gasteiger partial charge on any atom is -0.490 e. The second-order valence-electron chi connectivity index (χ2n) is 5.16. The zero-order valence-corrected chi connectivity index (χ0v) is 13.8. The van der Waals surface area contributed by atoms with E-state index >= 15 is 0 Å². The van der Waals surface area contributed by atoms with E-state index < -0.39 is 0 Å². The van der Waals surface area contributed by atoms with Gasteiger partial charge in [-0.05, 0) is 45.5 Å². The predicted molar refractivity (Wildman–Crippen MR) is 88.9 cm³/mol. The van der Waals surface area contributed by atoms with Crippen LogP contribution in [0.25, 0.3) is 0 Å². The Morgan fingerprint density at radius 3 is 2.62 bits per heavy atom. The summed E-state index contributed by atoms with van der Waals surface area (Å²) < 4.78 is 11.4. The van der Waals surface area contributed by atoms with Gasteiger partial charge in [0.15, 0.2) is 11.5 Å². The molecular formula is C16H27ClN2O2. The van der Waals surface area contributed by atoms with Crippen molar-refractivity contribution in [2.24, 2.45) is 0 Å². The third-order valence-corrected chi connectivity index (χ3v) is 3.73. The molecule has 1 aromatic carbocycles. The molecule has 1 saturated heterocycles. The van der Waals surface area contributed by atoms with E-state index in [0.717, 1.165) is 24.6 Å². The Morgan fingerprint density at radius 1 is 1.24 bits per heavy atom. The van der Waals surface area contributed by atoms with Gasteiger partial charge >= 0.3 is 0 Å². The Labute approximate surface area is 134 Å². The molecule has 0 aliphatic carbocycles. The quantitative estimate of drug-likeness (QED) is 0.838. The van der Waals surface area contributed by atoms with Gasteiger partial charge in [0, 0.05) is 19.1 Å². The third kappa shape index (κ3) is 5.73. The van der Waals surface area contributed by atoms with E-state index in [-0.39, 0.29) is 12.4 Å². The molecule has 0 saturated carbocycles. The molecular weight excluding hydrogens is 288 g/mol. The smallest absolute Gasteiger partial charge is 0.161 e. The summed E-state index contributed by atoms with van der Waals surface area (Å²) in [5, 5.41) is 3.37. The number of nitrogens with one attached hydrogen (secondary N) is 1. The average Bonchev–Trinajstić information content (AvgIpc) is 2.49. The summed E-state index contributed by atoms with van der Waals surface area (Å²) in [6, 6.07) is 8.50. The summed E-state index contributed by atoms with van der Waals surface area (Å²) in [7, 11) is 2.04.